The van der Waals surface area contributed by atoms with Crippen LogP contribution in [0, 0.1) is 0 Å². The Hall–Kier alpha value is -4.54. The van der Waals surface area contributed by atoms with Gasteiger partial charge in [-0.05, 0) is 154 Å². The molecule has 0 saturated carbocycles. The number of allylic oxidation sites excluding steroid dienone is 20. The molecule has 0 radical (unpaired) electrons. The van der Waals surface area contributed by atoms with Gasteiger partial charge in [0.15, 0.2) is 12.2 Å². The molecule has 0 aliphatic heterocycles. The molecule has 0 aliphatic rings. The second kappa shape index (κ2) is 78.6. The standard InChI is InChI=1S/C87H150O17P2/c1-5-9-13-17-21-25-29-33-36-39-40-43-45-49-52-56-60-64-68-72-85(90)98-78-83(104-87(92)74-70-66-62-58-54-50-46-42-38-35-31-27-23-19-15-11-7-3)80-102-106(95,96)100-76-81(88)75-99-105(93,94)101-79-82(103-86(91)73-69-65-61-57-53-47-32-28-24-20-16-12-8-4)77-97-84(89)71-67-63-59-55-51-48-44-41-37-34-30-26-22-18-14-10-6-2/h10-11,14-15,21-23,25-28,32-38,40,43,81-83,88H,5-9,12-13,16-20,24,29-31,39,41-42,44-80H2,1-4H3,(H,93,94)(H,95,96)/b14-10-,15-11-,25-21-,26-22-,27-23-,32-28-,36-33-,37-34-,38-35-,43-40-. The lowest BCUT2D eigenvalue weighted by Crippen LogP contribution is -2.30. The summed E-state index contributed by atoms with van der Waals surface area (Å²) in [6.45, 7) is 4.61. The Kier molecular flexibility index (Phi) is 75.2. The van der Waals surface area contributed by atoms with Gasteiger partial charge in [0, 0.05) is 25.7 Å². The Balaban J connectivity index is 5.37. The van der Waals surface area contributed by atoms with Crippen LogP contribution in [0.1, 0.15) is 349 Å². The fourth-order valence-corrected chi connectivity index (χ4v) is 12.7. The first-order valence-electron chi connectivity index (χ1n) is 41.8. The number of hydrogen-bond acceptors (Lipinski definition) is 15. The van der Waals surface area contributed by atoms with Crippen LogP contribution in [-0.4, -0.2) is 96.7 Å². The minimum Gasteiger partial charge on any atom is -0.462 e. The highest BCUT2D eigenvalue weighted by atomic mass is 31.2. The van der Waals surface area contributed by atoms with E-state index in [2.05, 4.69) is 149 Å². The van der Waals surface area contributed by atoms with Crippen molar-refractivity contribution in [3.05, 3.63) is 122 Å². The van der Waals surface area contributed by atoms with Crippen molar-refractivity contribution in [2.24, 2.45) is 0 Å². The molecule has 0 aromatic rings. The van der Waals surface area contributed by atoms with Gasteiger partial charge < -0.3 is 33.8 Å². The lowest BCUT2D eigenvalue weighted by Gasteiger charge is -2.21. The van der Waals surface area contributed by atoms with E-state index < -0.39 is 97.5 Å². The van der Waals surface area contributed by atoms with Crippen molar-refractivity contribution in [2.45, 2.75) is 367 Å². The Morgan fingerprint density at radius 3 is 0.783 bits per heavy atom. The summed E-state index contributed by atoms with van der Waals surface area (Å²) in [6, 6.07) is 0. The van der Waals surface area contributed by atoms with Crippen LogP contribution in [0.3, 0.4) is 0 Å². The number of hydrogen-bond donors (Lipinski definition) is 3. The number of aliphatic hydroxyl groups is 1. The Labute approximate surface area is 644 Å². The second-order valence-corrected chi connectivity index (χ2v) is 30.6. The van der Waals surface area contributed by atoms with Crippen molar-refractivity contribution >= 4 is 39.5 Å². The van der Waals surface area contributed by atoms with Crippen molar-refractivity contribution < 1.29 is 80.2 Å². The summed E-state index contributed by atoms with van der Waals surface area (Å²) in [4.78, 5) is 73.2. The third-order valence-electron chi connectivity index (χ3n) is 17.4. The third-order valence-corrected chi connectivity index (χ3v) is 19.3. The molecule has 5 unspecified atom stereocenters. The summed E-state index contributed by atoms with van der Waals surface area (Å²) in [6.07, 6.45) is 87.3. The van der Waals surface area contributed by atoms with Gasteiger partial charge in [-0.2, -0.15) is 0 Å². The number of phosphoric acid groups is 2. The minimum absolute atomic E-state index is 0.0789. The fraction of sp³-hybridized carbons (Fsp3) is 0.724. The molecular weight excluding hydrogens is 1380 g/mol. The van der Waals surface area contributed by atoms with Crippen LogP contribution in [0.15, 0.2) is 122 Å². The summed E-state index contributed by atoms with van der Waals surface area (Å²) >= 11 is 0. The van der Waals surface area contributed by atoms with E-state index in [1.807, 2.05) is 0 Å². The topological polar surface area (TPSA) is 237 Å². The predicted molar refractivity (Wildman–Crippen MR) is 436 cm³/mol. The van der Waals surface area contributed by atoms with Gasteiger partial charge in [-0.25, -0.2) is 9.13 Å². The maximum absolute atomic E-state index is 13.1. The van der Waals surface area contributed by atoms with Gasteiger partial charge >= 0.3 is 39.5 Å². The predicted octanol–water partition coefficient (Wildman–Crippen LogP) is 24.7. The normalized spacial score (nSPS) is 14.4. The maximum atomic E-state index is 13.1. The first-order valence-corrected chi connectivity index (χ1v) is 44.8. The van der Waals surface area contributed by atoms with Crippen LogP contribution >= 0.6 is 15.6 Å². The Morgan fingerprint density at radius 2 is 0.491 bits per heavy atom. The number of carbonyl (C=O) groups excluding carboxylic acids is 4. The van der Waals surface area contributed by atoms with Crippen LogP contribution < -0.4 is 0 Å². The SMILES string of the molecule is CC/C=C\C/C=C\C/C=C\CCCCCCCCCC(=O)OCC(COP(=O)(O)OCC(O)COP(=O)(O)OCC(COC(=O)CCCCCCCC/C=C\C/C=C\C/C=C\CCCCC)OC(=O)CCCCCCCCC/C=C\C/C=C\C/C=C\CC)OC(=O)CCCCCCC/C=C\CCCCCC. The average molecular weight is 1530 g/mol. The van der Waals surface area contributed by atoms with Gasteiger partial charge in [-0.3, -0.25) is 37.3 Å². The van der Waals surface area contributed by atoms with Gasteiger partial charge in [-0.1, -0.05) is 290 Å². The molecule has 3 N–H and O–H groups in total. The molecule has 19 heteroatoms. The van der Waals surface area contributed by atoms with Crippen molar-refractivity contribution in [2.75, 3.05) is 39.6 Å². The summed E-state index contributed by atoms with van der Waals surface area (Å²) in [7, 11) is -9.97. The van der Waals surface area contributed by atoms with Crippen molar-refractivity contribution in [1.82, 2.24) is 0 Å². The molecule has 0 bridgehead atoms. The third kappa shape index (κ3) is 77.6. The molecule has 0 aromatic heterocycles. The van der Waals surface area contributed by atoms with E-state index in [0.717, 1.165) is 225 Å². The van der Waals surface area contributed by atoms with Crippen LogP contribution in [0.2, 0.25) is 0 Å². The van der Waals surface area contributed by atoms with E-state index in [1.54, 1.807) is 0 Å². The monoisotopic (exact) mass is 1530 g/mol. The largest absolute Gasteiger partial charge is 0.472 e. The molecule has 0 spiro atoms. The average Bonchev–Trinajstić information content (AvgIpc) is 0.937. The minimum atomic E-state index is -4.99. The molecular formula is C87H150O17P2. The van der Waals surface area contributed by atoms with Crippen LogP contribution in [0.5, 0.6) is 0 Å². The molecule has 0 aromatic carbocycles. The summed E-state index contributed by atoms with van der Waals surface area (Å²) in [5.41, 5.74) is 0. The molecule has 0 heterocycles. The zero-order chi connectivity index (χ0) is 77.4. The number of unbranched alkanes of at least 4 members (excludes halogenated alkanes) is 32. The molecule has 0 fully saturated rings. The van der Waals surface area contributed by atoms with E-state index in [-0.39, 0.29) is 25.7 Å². The Bertz CT molecular complexity index is 2480. The number of rotatable bonds is 78. The van der Waals surface area contributed by atoms with Crippen molar-refractivity contribution in [1.29, 1.82) is 0 Å². The van der Waals surface area contributed by atoms with Crippen molar-refractivity contribution in [3.8, 4) is 0 Å². The Morgan fingerprint density at radius 1 is 0.274 bits per heavy atom. The zero-order valence-electron chi connectivity index (χ0n) is 66.8. The lowest BCUT2D eigenvalue weighted by atomic mass is 10.1. The summed E-state index contributed by atoms with van der Waals surface area (Å²) in [5.74, 6) is -2.21. The second-order valence-electron chi connectivity index (χ2n) is 27.6. The number of aliphatic hydroxyl groups excluding tert-OH is 1. The van der Waals surface area contributed by atoms with E-state index in [1.165, 1.54) is 44.9 Å². The quantitative estimate of drug-likeness (QED) is 0.0169. The smallest absolute Gasteiger partial charge is 0.462 e. The zero-order valence-corrected chi connectivity index (χ0v) is 68.6. The molecule has 5 atom stereocenters. The highest BCUT2D eigenvalue weighted by Crippen LogP contribution is 2.45. The molecule has 106 heavy (non-hydrogen) atoms. The molecule has 17 nitrogen and oxygen atoms in total. The molecule has 610 valence electrons. The number of carbonyl (C=O) groups is 4. The summed E-state index contributed by atoms with van der Waals surface area (Å²) < 4.78 is 68.7. The highest BCUT2D eigenvalue weighted by Gasteiger charge is 2.30. The van der Waals surface area contributed by atoms with E-state index >= 15 is 0 Å². The van der Waals surface area contributed by atoms with Crippen LogP contribution in [0.4, 0.5) is 0 Å². The van der Waals surface area contributed by atoms with E-state index in [9.17, 15) is 43.2 Å². The maximum Gasteiger partial charge on any atom is 0.472 e. The lowest BCUT2D eigenvalue weighted by molar-refractivity contribution is -0.161. The van der Waals surface area contributed by atoms with Crippen LogP contribution in [0.25, 0.3) is 0 Å². The van der Waals surface area contributed by atoms with Gasteiger partial charge in [0.1, 0.15) is 19.3 Å². The van der Waals surface area contributed by atoms with Crippen molar-refractivity contribution in [3.63, 3.8) is 0 Å². The first-order chi connectivity index (χ1) is 51.7. The van der Waals surface area contributed by atoms with E-state index in [4.69, 9.17) is 37.0 Å². The number of phosphoric ester groups is 2. The van der Waals surface area contributed by atoms with Gasteiger partial charge in [-0.15, -0.1) is 0 Å². The van der Waals surface area contributed by atoms with Crippen LogP contribution in [-0.2, 0) is 65.4 Å². The van der Waals surface area contributed by atoms with E-state index in [0.29, 0.717) is 25.7 Å². The van der Waals surface area contributed by atoms with Gasteiger partial charge in [0.25, 0.3) is 0 Å². The molecule has 0 saturated heterocycles. The van der Waals surface area contributed by atoms with Gasteiger partial charge in [0.2, 0.25) is 0 Å². The summed E-state index contributed by atoms with van der Waals surface area (Å²) in [5, 5.41) is 10.7. The number of esters is 4. The van der Waals surface area contributed by atoms with Gasteiger partial charge in [0.05, 0.1) is 26.4 Å². The number of ether oxygens (including phenoxy) is 4. The first kappa shape index (κ1) is 101. The molecule has 0 aliphatic carbocycles. The highest BCUT2D eigenvalue weighted by molar-refractivity contribution is 7.47. The molecule has 0 rings (SSSR count). The fourth-order valence-electron chi connectivity index (χ4n) is 11.1. The molecule has 0 amide bonds.